The third-order valence-electron chi connectivity index (χ3n) is 3.09. The van der Waals surface area contributed by atoms with Gasteiger partial charge in [0.05, 0.1) is 16.8 Å². The van der Waals surface area contributed by atoms with Crippen LogP contribution in [0.2, 0.25) is 0 Å². The van der Waals surface area contributed by atoms with Crippen LogP contribution >= 0.6 is 27.3 Å². The van der Waals surface area contributed by atoms with Crippen molar-refractivity contribution in [1.29, 1.82) is 0 Å². The van der Waals surface area contributed by atoms with Crippen molar-refractivity contribution in [2.45, 2.75) is 17.7 Å². The van der Waals surface area contributed by atoms with E-state index in [-0.39, 0.29) is 16.6 Å². The summed E-state index contributed by atoms with van der Waals surface area (Å²) in [6.07, 6.45) is 0. The summed E-state index contributed by atoms with van der Waals surface area (Å²) in [5.74, 6) is -0.801. The van der Waals surface area contributed by atoms with Gasteiger partial charge >= 0.3 is 5.97 Å². The second kappa shape index (κ2) is 7.00. The number of esters is 1. The lowest BCUT2D eigenvalue weighted by atomic mass is 9.98. The highest BCUT2D eigenvalue weighted by molar-refractivity contribution is 9.10. The lowest BCUT2D eigenvalue weighted by Gasteiger charge is -2.13. The fourth-order valence-corrected chi connectivity index (χ4v) is 3.57. The molecule has 0 saturated heterocycles. The number of thiophene rings is 1. The van der Waals surface area contributed by atoms with Crippen LogP contribution in [0.15, 0.2) is 42.5 Å². The predicted octanol–water partition coefficient (Wildman–Crippen LogP) is 4.02. The molecule has 2 atom stereocenters. The quantitative estimate of drug-likeness (QED) is 0.456. The highest BCUT2D eigenvalue weighted by Gasteiger charge is 2.26. The van der Waals surface area contributed by atoms with Crippen LogP contribution in [0.5, 0.6) is 0 Å². The minimum absolute atomic E-state index is 0.0166. The van der Waals surface area contributed by atoms with Gasteiger partial charge in [-0.1, -0.05) is 46.3 Å². The van der Waals surface area contributed by atoms with Crippen molar-refractivity contribution < 1.29 is 14.3 Å². The van der Waals surface area contributed by atoms with Gasteiger partial charge in [-0.2, -0.15) is 0 Å². The van der Waals surface area contributed by atoms with E-state index in [1.54, 1.807) is 13.0 Å². The Balaban J connectivity index is 2.39. The van der Waals surface area contributed by atoms with Crippen LogP contribution in [0.3, 0.4) is 0 Å². The van der Waals surface area contributed by atoms with Gasteiger partial charge in [-0.3, -0.25) is 9.59 Å². The number of halogens is 1. The number of carbonyl (C=O) groups excluding carboxylic acids is 2. The molecule has 1 heterocycles. The molecule has 2 unspecified atom stereocenters. The van der Waals surface area contributed by atoms with Crippen LogP contribution in [0.4, 0.5) is 0 Å². The van der Waals surface area contributed by atoms with Gasteiger partial charge in [-0.05, 0) is 24.6 Å². The molecule has 0 saturated carbocycles. The SMILES string of the molecule is COC(=O)C(c1ccccc1)c1ccc(C(=O)C(C)Br)s1. The largest absolute Gasteiger partial charge is 0.468 e. The number of Topliss-reactive ketones (excluding diaryl/α,β-unsaturated/α-hetero) is 1. The summed E-state index contributed by atoms with van der Waals surface area (Å²) in [5, 5.41) is 0. The maximum absolute atomic E-state index is 12.1. The van der Waals surface area contributed by atoms with E-state index in [9.17, 15) is 9.59 Å². The van der Waals surface area contributed by atoms with E-state index in [0.29, 0.717) is 4.88 Å². The highest BCUT2D eigenvalue weighted by atomic mass is 79.9. The smallest absolute Gasteiger partial charge is 0.318 e. The van der Waals surface area contributed by atoms with Crippen LogP contribution in [-0.2, 0) is 9.53 Å². The van der Waals surface area contributed by atoms with Crippen molar-refractivity contribution in [1.82, 2.24) is 0 Å². The summed E-state index contributed by atoms with van der Waals surface area (Å²) in [6, 6.07) is 13.0. The number of ether oxygens (including phenoxy) is 1. The predicted molar refractivity (Wildman–Crippen MR) is 87.3 cm³/mol. The first kappa shape index (κ1) is 15.9. The van der Waals surface area contributed by atoms with Crippen LogP contribution in [-0.4, -0.2) is 23.7 Å². The molecule has 0 amide bonds. The number of rotatable bonds is 5. The molecular formula is C16H15BrO3S. The van der Waals surface area contributed by atoms with Crippen molar-refractivity contribution >= 4 is 39.0 Å². The first-order chi connectivity index (χ1) is 10.0. The van der Waals surface area contributed by atoms with Crippen molar-refractivity contribution in [3.8, 4) is 0 Å². The summed E-state index contributed by atoms with van der Waals surface area (Å²) in [4.78, 5) is 25.3. The van der Waals surface area contributed by atoms with Gasteiger partial charge in [-0.25, -0.2) is 0 Å². The molecule has 2 aromatic rings. The molecule has 21 heavy (non-hydrogen) atoms. The third kappa shape index (κ3) is 3.60. The number of methoxy groups -OCH3 is 1. The molecule has 0 aliphatic rings. The Bertz CT molecular complexity index is 634. The lowest BCUT2D eigenvalue weighted by Crippen LogP contribution is -2.14. The molecule has 110 valence electrons. The molecule has 0 aliphatic heterocycles. The number of hydrogen-bond acceptors (Lipinski definition) is 4. The molecule has 0 radical (unpaired) electrons. The molecule has 1 aromatic heterocycles. The summed E-state index contributed by atoms with van der Waals surface area (Å²) in [6.45, 7) is 1.79. The van der Waals surface area contributed by atoms with Gasteiger partial charge in [0.25, 0.3) is 0 Å². The fourth-order valence-electron chi connectivity index (χ4n) is 2.02. The highest BCUT2D eigenvalue weighted by Crippen LogP contribution is 2.32. The maximum atomic E-state index is 12.1. The standard InChI is InChI=1S/C16H15BrO3S/c1-10(17)15(18)13-9-8-12(21-13)14(16(19)20-2)11-6-4-3-5-7-11/h3-10,14H,1-2H3. The molecule has 2 rings (SSSR count). The van der Waals surface area contributed by atoms with E-state index in [2.05, 4.69) is 15.9 Å². The van der Waals surface area contributed by atoms with Crippen molar-refractivity contribution in [2.75, 3.05) is 7.11 Å². The molecule has 0 aliphatic carbocycles. The van der Waals surface area contributed by atoms with Gasteiger partial charge in [0.2, 0.25) is 0 Å². The lowest BCUT2D eigenvalue weighted by molar-refractivity contribution is -0.141. The van der Waals surface area contributed by atoms with Crippen molar-refractivity contribution in [3.63, 3.8) is 0 Å². The Labute approximate surface area is 136 Å². The van der Waals surface area contributed by atoms with E-state index < -0.39 is 5.92 Å². The van der Waals surface area contributed by atoms with E-state index in [4.69, 9.17) is 4.74 Å². The molecule has 5 heteroatoms. The Kier molecular flexibility index (Phi) is 5.31. The second-order valence-corrected chi connectivity index (χ2v) is 7.04. The topological polar surface area (TPSA) is 43.4 Å². The number of benzene rings is 1. The van der Waals surface area contributed by atoms with Gasteiger partial charge in [0.1, 0.15) is 5.92 Å². The first-order valence-electron chi connectivity index (χ1n) is 6.45. The molecule has 0 N–H and O–H groups in total. The van der Waals surface area contributed by atoms with E-state index in [0.717, 1.165) is 10.4 Å². The Hall–Kier alpha value is -1.46. The zero-order valence-corrected chi connectivity index (χ0v) is 14.1. The minimum Gasteiger partial charge on any atom is -0.468 e. The Morgan fingerprint density at radius 2 is 1.81 bits per heavy atom. The summed E-state index contributed by atoms with van der Waals surface area (Å²) in [5.41, 5.74) is 0.858. The van der Waals surface area contributed by atoms with Gasteiger partial charge < -0.3 is 4.74 Å². The number of ketones is 1. The summed E-state index contributed by atoms with van der Waals surface area (Å²) in [7, 11) is 1.37. The van der Waals surface area contributed by atoms with Gasteiger partial charge in [-0.15, -0.1) is 11.3 Å². The Morgan fingerprint density at radius 1 is 1.14 bits per heavy atom. The van der Waals surface area contributed by atoms with Gasteiger partial charge in [0.15, 0.2) is 5.78 Å². The van der Waals surface area contributed by atoms with Crippen molar-refractivity contribution in [2.24, 2.45) is 0 Å². The maximum Gasteiger partial charge on any atom is 0.318 e. The summed E-state index contributed by atoms with van der Waals surface area (Å²) >= 11 is 4.61. The number of alkyl halides is 1. The zero-order chi connectivity index (χ0) is 15.4. The third-order valence-corrected chi connectivity index (χ3v) is 4.67. The number of hydrogen-bond donors (Lipinski definition) is 0. The van der Waals surface area contributed by atoms with E-state index in [1.807, 2.05) is 36.4 Å². The Morgan fingerprint density at radius 3 is 2.38 bits per heavy atom. The summed E-state index contributed by atoms with van der Waals surface area (Å²) < 4.78 is 4.91. The molecular weight excluding hydrogens is 352 g/mol. The fraction of sp³-hybridized carbons (Fsp3) is 0.250. The monoisotopic (exact) mass is 366 g/mol. The second-order valence-electron chi connectivity index (χ2n) is 4.55. The van der Waals surface area contributed by atoms with Crippen LogP contribution < -0.4 is 0 Å². The molecule has 0 spiro atoms. The molecule has 0 fully saturated rings. The number of carbonyl (C=O) groups is 2. The van der Waals surface area contributed by atoms with Crippen molar-refractivity contribution in [3.05, 3.63) is 57.8 Å². The van der Waals surface area contributed by atoms with E-state index >= 15 is 0 Å². The van der Waals surface area contributed by atoms with E-state index in [1.165, 1.54) is 18.4 Å². The average Bonchev–Trinajstić information content (AvgIpc) is 2.96. The van der Waals surface area contributed by atoms with Crippen LogP contribution in [0.25, 0.3) is 0 Å². The average molecular weight is 367 g/mol. The normalized spacial score (nSPS) is 13.5. The molecule has 0 bridgehead atoms. The minimum atomic E-state index is -0.492. The first-order valence-corrected chi connectivity index (χ1v) is 8.18. The van der Waals surface area contributed by atoms with Crippen LogP contribution in [0.1, 0.15) is 33.0 Å². The van der Waals surface area contributed by atoms with Crippen LogP contribution in [0, 0.1) is 0 Å². The zero-order valence-electron chi connectivity index (χ0n) is 11.7. The molecule has 3 nitrogen and oxygen atoms in total. The molecule has 1 aromatic carbocycles. The van der Waals surface area contributed by atoms with Gasteiger partial charge in [0, 0.05) is 4.88 Å².